The Labute approximate surface area is 108 Å². The zero-order valence-electron chi connectivity index (χ0n) is 10.9. The summed E-state index contributed by atoms with van der Waals surface area (Å²) in [6, 6.07) is 2.77. The molecule has 17 heavy (non-hydrogen) atoms. The minimum absolute atomic E-state index is 0.508. The van der Waals surface area contributed by atoms with E-state index < -0.39 is 0 Å². The predicted octanol–water partition coefficient (Wildman–Crippen LogP) is 3.53. The predicted molar refractivity (Wildman–Crippen MR) is 73.7 cm³/mol. The molecule has 1 aromatic rings. The molecule has 1 aliphatic heterocycles. The van der Waals surface area contributed by atoms with E-state index in [2.05, 4.69) is 30.7 Å². The monoisotopic (exact) mass is 253 g/mol. The fourth-order valence-corrected chi connectivity index (χ4v) is 3.72. The van der Waals surface area contributed by atoms with Crippen LogP contribution < -0.4 is 5.32 Å². The molecule has 0 aromatic carbocycles. The van der Waals surface area contributed by atoms with Gasteiger partial charge >= 0.3 is 0 Å². The lowest BCUT2D eigenvalue weighted by molar-refractivity contribution is 0.0999. The quantitative estimate of drug-likeness (QED) is 0.837. The van der Waals surface area contributed by atoms with E-state index in [4.69, 9.17) is 4.74 Å². The second-order valence-electron chi connectivity index (χ2n) is 4.72. The third-order valence-electron chi connectivity index (χ3n) is 3.63. The summed E-state index contributed by atoms with van der Waals surface area (Å²) in [5.41, 5.74) is 1.50. The van der Waals surface area contributed by atoms with Crippen molar-refractivity contribution in [3.8, 4) is 0 Å². The first-order valence-corrected chi connectivity index (χ1v) is 7.58. The number of ether oxygens (including phenoxy) is 1. The summed E-state index contributed by atoms with van der Waals surface area (Å²) in [5, 5.41) is 5.67. The summed E-state index contributed by atoms with van der Waals surface area (Å²) < 4.78 is 5.70. The molecule has 96 valence electrons. The topological polar surface area (TPSA) is 21.3 Å². The van der Waals surface area contributed by atoms with Crippen LogP contribution in [0, 0.1) is 0 Å². The van der Waals surface area contributed by atoms with Gasteiger partial charge in [0.1, 0.15) is 0 Å². The van der Waals surface area contributed by atoms with Crippen LogP contribution in [0.25, 0.3) is 0 Å². The maximum Gasteiger partial charge on any atom is 0.0576 e. The van der Waals surface area contributed by atoms with E-state index in [1.54, 1.807) is 0 Å². The minimum atomic E-state index is 0.508. The summed E-state index contributed by atoms with van der Waals surface area (Å²) in [6.45, 7) is 3.20. The highest BCUT2D eigenvalue weighted by molar-refractivity contribution is 7.10. The van der Waals surface area contributed by atoms with E-state index in [0.29, 0.717) is 12.1 Å². The average molecular weight is 253 g/mol. The van der Waals surface area contributed by atoms with E-state index in [-0.39, 0.29) is 0 Å². The Balaban J connectivity index is 1.91. The average Bonchev–Trinajstić information content (AvgIpc) is 3.00. The highest BCUT2D eigenvalue weighted by Crippen LogP contribution is 2.29. The van der Waals surface area contributed by atoms with Crippen molar-refractivity contribution in [3.05, 3.63) is 21.9 Å². The molecule has 0 bridgehead atoms. The van der Waals surface area contributed by atoms with Crippen molar-refractivity contribution in [1.82, 2.24) is 5.32 Å². The van der Waals surface area contributed by atoms with Crippen molar-refractivity contribution >= 4 is 11.3 Å². The molecule has 0 radical (unpaired) electrons. The van der Waals surface area contributed by atoms with Crippen LogP contribution in [0.5, 0.6) is 0 Å². The maximum absolute atomic E-state index is 5.70. The lowest BCUT2D eigenvalue weighted by atomic mass is 10.0. The Morgan fingerprint density at radius 1 is 1.59 bits per heavy atom. The Morgan fingerprint density at radius 2 is 2.47 bits per heavy atom. The van der Waals surface area contributed by atoms with Gasteiger partial charge < -0.3 is 10.1 Å². The minimum Gasteiger partial charge on any atom is -0.378 e. The fraction of sp³-hybridized carbons (Fsp3) is 0.714. The van der Waals surface area contributed by atoms with Crippen molar-refractivity contribution in [3.63, 3.8) is 0 Å². The van der Waals surface area contributed by atoms with Crippen LogP contribution in [-0.2, 0) is 11.2 Å². The van der Waals surface area contributed by atoms with Crippen LogP contribution in [0.15, 0.2) is 11.4 Å². The Hall–Kier alpha value is -0.380. The molecule has 2 atom stereocenters. The van der Waals surface area contributed by atoms with Crippen LogP contribution in [-0.4, -0.2) is 19.8 Å². The molecule has 0 spiro atoms. The summed E-state index contributed by atoms with van der Waals surface area (Å²) in [5.74, 6) is 0. The third kappa shape index (κ3) is 3.30. The van der Waals surface area contributed by atoms with Crippen LogP contribution in [0.3, 0.4) is 0 Å². The fourth-order valence-electron chi connectivity index (χ4n) is 2.58. The molecule has 1 aliphatic rings. The first kappa shape index (κ1) is 13.1. The molecule has 2 nitrogen and oxygen atoms in total. The summed E-state index contributed by atoms with van der Waals surface area (Å²) in [6.07, 6.45) is 6.52. The molecule has 1 aromatic heterocycles. The first-order chi connectivity index (χ1) is 8.35. The lowest BCUT2D eigenvalue weighted by Gasteiger charge is -2.18. The van der Waals surface area contributed by atoms with Crippen molar-refractivity contribution in [2.45, 2.75) is 51.2 Å². The zero-order chi connectivity index (χ0) is 12.1. The molecule has 0 amide bonds. The molecule has 0 aliphatic carbocycles. The Kier molecular flexibility index (Phi) is 5.01. The number of hydrogen-bond donors (Lipinski definition) is 1. The van der Waals surface area contributed by atoms with E-state index in [0.717, 1.165) is 13.0 Å². The highest BCUT2D eigenvalue weighted by atomic mass is 32.1. The third-order valence-corrected chi connectivity index (χ3v) is 4.70. The van der Waals surface area contributed by atoms with Gasteiger partial charge in [0.2, 0.25) is 0 Å². The molecular formula is C14H23NOS. The number of hydrogen-bond acceptors (Lipinski definition) is 3. The van der Waals surface area contributed by atoms with Crippen molar-refractivity contribution in [2.24, 2.45) is 0 Å². The Morgan fingerprint density at radius 3 is 3.12 bits per heavy atom. The van der Waals surface area contributed by atoms with Crippen LogP contribution >= 0.6 is 11.3 Å². The van der Waals surface area contributed by atoms with E-state index in [1.165, 1.54) is 36.1 Å². The maximum atomic E-state index is 5.70. The number of nitrogens with one attached hydrogen (secondary N) is 1. The molecule has 1 saturated heterocycles. The van der Waals surface area contributed by atoms with Crippen LogP contribution in [0.2, 0.25) is 0 Å². The molecular weight excluding hydrogens is 230 g/mol. The van der Waals surface area contributed by atoms with Crippen molar-refractivity contribution < 1.29 is 4.74 Å². The van der Waals surface area contributed by atoms with Gasteiger partial charge in [0.05, 0.1) is 6.10 Å². The summed E-state index contributed by atoms with van der Waals surface area (Å²) >= 11 is 1.89. The Bertz CT molecular complexity index is 331. The SMILES string of the molecule is CCc1ccsc1C(CCC1CCCO1)NC. The van der Waals surface area contributed by atoms with Crippen LogP contribution in [0.4, 0.5) is 0 Å². The second-order valence-corrected chi connectivity index (χ2v) is 5.66. The van der Waals surface area contributed by atoms with E-state index in [9.17, 15) is 0 Å². The van der Waals surface area contributed by atoms with Gasteiger partial charge in [-0.05, 0) is 56.2 Å². The number of rotatable bonds is 6. The molecule has 2 unspecified atom stereocenters. The largest absolute Gasteiger partial charge is 0.378 e. The molecule has 3 heteroatoms. The number of aryl methyl sites for hydroxylation is 1. The van der Waals surface area contributed by atoms with Gasteiger partial charge in [0.15, 0.2) is 0 Å². The number of thiophene rings is 1. The smallest absolute Gasteiger partial charge is 0.0576 e. The van der Waals surface area contributed by atoms with Gasteiger partial charge in [-0.1, -0.05) is 6.92 Å². The second kappa shape index (κ2) is 6.53. The molecule has 2 rings (SSSR count). The lowest BCUT2D eigenvalue weighted by Crippen LogP contribution is -2.18. The van der Waals surface area contributed by atoms with Gasteiger partial charge in [-0.3, -0.25) is 0 Å². The van der Waals surface area contributed by atoms with E-state index in [1.807, 2.05) is 11.3 Å². The highest BCUT2D eigenvalue weighted by Gasteiger charge is 2.19. The normalized spacial score (nSPS) is 21.9. The van der Waals surface area contributed by atoms with Gasteiger partial charge in [-0.2, -0.15) is 0 Å². The van der Waals surface area contributed by atoms with Crippen molar-refractivity contribution in [1.29, 1.82) is 0 Å². The van der Waals surface area contributed by atoms with Crippen molar-refractivity contribution in [2.75, 3.05) is 13.7 Å². The standard InChI is InChI=1S/C14H23NOS/c1-3-11-8-10-17-14(11)13(15-2)7-6-12-5-4-9-16-12/h8,10,12-13,15H,3-7,9H2,1-2H3. The molecule has 2 heterocycles. The van der Waals surface area contributed by atoms with Gasteiger partial charge in [0.25, 0.3) is 0 Å². The molecule has 1 N–H and O–H groups in total. The van der Waals surface area contributed by atoms with Gasteiger partial charge in [-0.15, -0.1) is 11.3 Å². The van der Waals surface area contributed by atoms with E-state index >= 15 is 0 Å². The first-order valence-electron chi connectivity index (χ1n) is 6.70. The van der Waals surface area contributed by atoms with Gasteiger partial charge in [0, 0.05) is 17.5 Å². The van der Waals surface area contributed by atoms with Gasteiger partial charge in [-0.25, -0.2) is 0 Å². The van der Waals surface area contributed by atoms with Crippen LogP contribution in [0.1, 0.15) is 49.1 Å². The summed E-state index contributed by atoms with van der Waals surface area (Å²) in [4.78, 5) is 1.52. The molecule has 0 saturated carbocycles. The summed E-state index contributed by atoms with van der Waals surface area (Å²) in [7, 11) is 2.07. The molecule has 1 fully saturated rings. The zero-order valence-corrected chi connectivity index (χ0v) is 11.7.